The van der Waals surface area contributed by atoms with Crippen LogP contribution in [0.2, 0.25) is 0 Å². The minimum absolute atomic E-state index is 0.107. The Morgan fingerprint density at radius 2 is 2.05 bits per heavy atom. The van der Waals surface area contributed by atoms with Gasteiger partial charge in [0.2, 0.25) is 0 Å². The number of rotatable bonds is 1. The summed E-state index contributed by atoms with van der Waals surface area (Å²) in [5.41, 5.74) is 2.59. The molecule has 1 atom stereocenters. The second-order valence-electron chi connectivity index (χ2n) is 5.36. The van der Waals surface area contributed by atoms with Crippen LogP contribution in [0.3, 0.4) is 0 Å². The van der Waals surface area contributed by atoms with Crippen molar-refractivity contribution in [1.82, 2.24) is 0 Å². The van der Waals surface area contributed by atoms with Gasteiger partial charge in [0.15, 0.2) is 0 Å². The smallest absolute Gasteiger partial charge is 0.258 e. The molecule has 1 heterocycles. The van der Waals surface area contributed by atoms with Gasteiger partial charge in [0, 0.05) is 22.2 Å². The summed E-state index contributed by atoms with van der Waals surface area (Å²) in [6.07, 6.45) is 1.90. The highest BCUT2D eigenvalue weighted by Crippen LogP contribution is 2.32. The Morgan fingerprint density at radius 1 is 1.29 bits per heavy atom. The van der Waals surface area contributed by atoms with Crippen LogP contribution in [-0.4, -0.2) is 11.9 Å². The number of aryl methyl sites for hydroxylation is 1. The van der Waals surface area contributed by atoms with Crippen molar-refractivity contribution in [2.45, 2.75) is 30.7 Å². The van der Waals surface area contributed by atoms with E-state index in [1.54, 1.807) is 4.90 Å². The summed E-state index contributed by atoms with van der Waals surface area (Å²) in [7, 11) is 0. The lowest BCUT2D eigenvalue weighted by molar-refractivity contribution is 0.0975. The second-order valence-corrected chi connectivity index (χ2v) is 5.84. The van der Waals surface area contributed by atoms with E-state index in [1.165, 1.54) is 23.8 Å². The maximum absolute atomic E-state index is 13.3. The number of nitrogens with zero attached hydrogens (tertiary/aromatic N) is 1. The van der Waals surface area contributed by atoms with Gasteiger partial charge in [0.1, 0.15) is 5.82 Å². The van der Waals surface area contributed by atoms with E-state index in [2.05, 4.69) is 18.7 Å². The molecule has 4 heteroatoms. The third-order valence-corrected chi connectivity index (χ3v) is 4.28. The van der Waals surface area contributed by atoms with Crippen molar-refractivity contribution >= 4 is 24.2 Å². The number of hydrogen-bond acceptors (Lipinski definition) is 2. The number of carbonyl (C=O) groups is 1. The molecule has 1 aliphatic rings. The van der Waals surface area contributed by atoms with Gasteiger partial charge in [-0.25, -0.2) is 4.39 Å². The molecule has 0 spiro atoms. The number of anilines is 1. The minimum atomic E-state index is -0.415. The van der Waals surface area contributed by atoms with Crippen molar-refractivity contribution in [3.63, 3.8) is 0 Å². The van der Waals surface area contributed by atoms with Crippen LogP contribution in [-0.2, 0) is 6.42 Å². The van der Waals surface area contributed by atoms with Crippen LogP contribution >= 0.6 is 12.6 Å². The van der Waals surface area contributed by atoms with E-state index in [9.17, 15) is 9.18 Å². The fourth-order valence-electron chi connectivity index (χ4n) is 2.78. The largest absolute Gasteiger partial charge is 0.305 e. The van der Waals surface area contributed by atoms with Crippen molar-refractivity contribution in [3.05, 3.63) is 59.4 Å². The quantitative estimate of drug-likeness (QED) is 0.786. The summed E-state index contributed by atoms with van der Waals surface area (Å²) in [5.74, 6) is -0.521. The van der Waals surface area contributed by atoms with Gasteiger partial charge in [0.25, 0.3) is 5.91 Å². The minimum Gasteiger partial charge on any atom is -0.305 e. The van der Waals surface area contributed by atoms with Crippen LogP contribution in [0.15, 0.2) is 47.4 Å². The second kappa shape index (κ2) is 5.53. The first-order chi connectivity index (χ1) is 10.1. The SMILES string of the molecule is CC1CCc2ccccc2N1C(=O)c1ccc(F)c(S)c1. The maximum atomic E-state index is 13.3. The van der Waals surface area contributed by atoms with Crippen molar-refractivity contribution in [1.29, 1.82) is 0 Å². The highest BCUT2D eigenvalue weighted by Gasteiger charge is 2.28. The Kier molecular flexibility index (Phi) is 3.72. The van der Waals surface area contributed by atoms with E-state index < -0.39 is 5.82 Å². The number of para-hydroxylation sites is 1. The van der Waals surface area contributed by atoms with E-state index in [0.717, 1.165) is 18.5 Å². The number of thiol groups is 1. The molecule has 0 radical (unpaired) electrons. The number of benzene rings is 2. The Labute approximate surface area is 129 Å². The van der Waals surface area contributed by atoms with Gasteiger partial charge in [-0.3, -0.25) is 4.79 Å². The molecule has 0 N–H and O–H groups in total. The average molecular weight is 301 g/mol. The molecule has 3 rings (SSSR count). The zero-order chi connectivity index (χ0) is 15.0. The van der Waals surface area contributed by atoms with Crippen LogP contribution in [0.1, 0.15) is 29.3 Å². The van der Waals surface area contributed by atoms with Gasteiger partial charge in [-0.2, -0.15) is 0 Å². The maximum Gasteiger partial charge on any atom is 0.258 e. The summed E-state index contributed by atoms with van der Waals surface area (Å²) >= 11 is 4.06. The summed E-state index contributed by atoms with van der Waals surface area (Å²) in [6.45, 7) is 2.04. The molecule has 108 valence electrons. The molecule has 1 unspecified atom stereocenters. The van der Waals surface area contributed by atoms with Gasteiger partial charge < -0.3 is 4.90 Å². The number of carbonyl (C=O) groups excluding carboxylic acids is 1. The van der Waals surface area contributed by atoms with E-state index in [4.69, 9.17) is 0 Å². The van der Waals surface area contributed by atoms with Crippen molar-refractivity contribution in [3.8, 4) is 0 Å². The molecule has 1 aliphatic heterocycles. The third-order valence-electron chi connectivity index (χ3n) is 3.94. The monoisotopic (exact) mass is 301 g/mol. The third kappa shape index (κ3) is 2.56. The molecule has 0 bridgehead atoms. The summed E-state index contributed by atoms with van der Waals surface area (Å²) in [4.78, 5) is 14.8. The van der Waals surface area contributed by atoms with E-state index in [0.29, 0.717) is 5.56 Å². The zero-order valence-corrected chi connectivity index (χ0v) is 12.6. The van der Waals surface area contributed by atoms with Gasteiger partial charge in [-0.1, -0.05) is 18.2 Å². The van der Waals surface area contributed by atoms with Crippen molar-refractivity contribution < 1.29 is 9.18 Å². The Hall–Kier alpha value is -1.81. The predicted molar refractivity (Wildman–Crippen MR) is 84.7 cm³/mol. The molecule has 0 aliphatic carbocycles. The first-order valence-electron chi connectivity index (χ1n) is 6.98. The molecule has 0 aromatic heterocycles. The van der Waals surface area contributed by atoms with E-state index in [-0.39, 0.29) is 16.8 Å². The van der Waals surface area contributed by atoms with Crippen LogP contribution in [0.5, 0.6) is 0 Å². The zero-order valence-electron chi connectivity index (χ0n) is 11.7. The van der Waals surface area contributed by atoms with Crippen LogP contribution in [0.4, 0.5) is 10.1 Å². The van der Waals surface area contributed by atoms with Crippen LogP contribution < -0.4 is 4.90 Å². The number of fused-ring (bicyclic) bond motifs is 1. The molecule has 2 aromatic rings. The molecule has 0 saturated carbocycles. The topological polar surface area (TPSA) is 20.3 Å². The van der Waals surface area contributed by atoms with Crippen molar-refractivity contribution in [2.75, 3.05) is 4.90 Å². The van der Waals surface area contributed by atoms with E-state index in [1.807, 2.05) is 25.1 Å². The van der Waals surface area contributed by atoms with Gasteiger partial charge in [-0.15, -0.1) is 12.6 Å². The molecular weight excluding hydrogens is 285 g/mol. The molecule has 21 heavy (non-hydrogen) atoms. The summed E-state index contributed by atoms with van der Waals surface area (Å²) in [5, 5.41) is 0. The molecule has 1 amide bonds. The molecule has 2 nitrogen and oxygen atoms in total. The number of amides is 1. The predicted octanol–water partition coefficient (Wildman–Crippen LogP) is 4.10. The highest BCUT2D eigenvalue weighted by atomic mass is 32.1. The van der Waals surface area contributed by atoms with Crippen LogP contribution in [0, 0.1) is 5.82 Å². The van der Waals surface area contributed by atoms with Gasteiger partial charge in [-0.05, 0) is 49.6 Å². The average Bonchev–Trinajstić information content (AvgIpc) is 2.49. The molecular formula is C17H16FNOS. The fourth-order valence-corrected chi connectivity index (χ4v) is 3.00. The molecule has 0 fully saturated rings. The Bertz CT molecular complexity index is 701. The van der Waals surface area contributed by atoms with E-state index >= 15 is 0 Å². The first-order valence-corrected chi connectivity index (χ1v) is 7.42. The lowest BCUT2D eigenvalue weighted by atomic mass is 9.96. The van der Waals surface area contributed by atoms with Gasteiger partial charge >= 0.3 is 0 Å². The normalized spacial score (nSPS) is 17.5. The Morgan fingerprint density at radius 3 is 2.81 bits per heavy atom. The van der Waals surface area contributed by atoms with Crippen LogP contribution in [0.25, 0.3) is 0 Å². The highest BCUT2D eigenvalue weighted by molar-refractivity contribution is 7.80. The fraction of sp³-hybridized carbons (Fsp3) is 0.235. The van der Waals surface area contributed by atoms with Gasteiger partial charge in [0.05, 0.1) is 0 Å². The summed E-state index contributed by atoms with van der Waals surface area (Å²) in [6, 6.07) is 12.4. The molecule has 2 aromatic carbocycles. The molecule has 0 saturated heterocycles. The lowest BCUT2D eigenvalue weighted by Gasteiger charge is -2.35. The lowest BCUT2D eigenvalue weighted by Crippen LogP contribution is -2.42. The Balaban J connectivity index is 2.02. The summed E-state index contributed by atoms with van der Waals surface area (Å²) < 4.78 is 13.3. The standard InChI is InChI=1S/C17H16FNOS/c1-11-6-7-12-4-2-3-5-15(12)19(11)17(20)13-8-9-14(18)16(21)10-13/h2-5,8-11,21H,6-7H2,1H3. The number of halogens is 1. The van der Waals surface area contributed by atoms with Crippen molar-refractivity contribution in [2.24, 2.45) is 0 Å². The first kappa shape index (κ1) is 14.1. The number of hydrogen-bond donors (Lipinski definition) is 1.